The second kappa shape index (κ2) is 10.3. The fraction of sp³-hybridized carbons (Fsp3) is 0.375. The summed E-state index contributed by atoms with van der Waals surface area (Å²) in [6.45, 7) is 3.95. The number of halogens is 2. The molecule has 8 heteroatoms. The Morgan fingerprint density at radius 3 is 2.66 bits per heavy atom. The van der Waals surface area contributed by atoms with E-state index < -0.39 is 0 Å². The number of nitrogens with zero attached hydrogens (tertiary/aromatic N) is 3. The molecule has 0 atom stereocenters. The number of benzene rings is 2. The fourth-order valence-corrected chi connectivity index (χ4v) is 5.32. The van der Waals surface area contributed by atoms with Gasteiger partial charge in [0.15, 0.2) is 5.16 Å². The largest absolute Gasteiger partial charge is 0.343 e. The molecule has 0 N–H and O–H groups in total. The molecule has 0 spiro atoms. The fourth-order valence-electron chi connectivity index (χ4n) is 3.89. The van der Waals surface area contributed by atoms with Crippen LogP contribution in [0.1, 0.15) is 32.6 Å². The lowest BCUT2D eigenvalue weighted by molar-refractivity contribution is -0.132. The molecule has 0 aliphatic carbocycles. The highest BCUT2D eigenvalue weighted by atomic mass is 35.5. The number of carbonyl (C=O) groups is 1. The lowest BCUT2D eigenvalue weighted by Crippen LogP contribution is -2.37. The Labute approximate surface area is 201 Å². The number of thioether (sulfide) groups is 1. The van der Waals surface area contributed by atoms with Gasteiger partial charge in [-0.25, -0.2) is 4.98 Å². The summed E-state index contributed by atoms with van der Waals surface area (Å²) in [7, 11) is 0. The topological polar surface area (TPSA) is 55.2 Å². The van der Waals surface area contributed by atoms with E-state index in [4.69, 9.17) is 28.2 Å². The molecule has 2 aromatic carbocycles. The number of amides is 1. The van der Waals surface area contributed by atoms with Crippen molar-refractivity contribution >= 4 is 51.8 Å². The zero-order chi connectivity index (χ0) is 22.7. The maximum atomic E-state index is 13.3. The first kappa shape index (κ1) is 23.1. The summed E-state index contributed by atoms with van der Waals surface area (Å²) >= 11 is 13.9. The molecule has 1 fully saturated rings. The van der Waals surface area contributed by atoms with Crippen molar-refractivity contribution in [2.24, 2.45) is 5.92 Å². The van der Waals surface area contributed by atoms with Crippen molar-refractivity contribution in [1.29, 1.82) is 0 Å². The third-order valence-corrected chi connectivity index (χ3v) is 7.36. The van der Waals surface area contributed by atoms with Crippen molar-refractivity contribution in [2.45, 2.75) is 37.8 Å². The molecule has 1 aliphatic rings. The van der Waals surface area contributed by atoms with E-state index in [1.807, 2.05) is 23.1 Å². The van der Waals surface area contributed by atoms with Gasteiger partial charge in [-0.15, -0.1) is 0 Å². The standard InChI is InChI=1S/C24H25Cl2N3O2S/c1-16-10-12-28(13-11-16)22(30)7-4-14-32-24-27-20-6-3-2-5-18(20)23(31)29(24)21-9-8-17(25)15-19(21)26/h2-3,5-6,8-9,15-16H,4,7,10-14H2,1H3. The lowest BCUT2D eigenvalue weighted by Gasteiger charge is -2.30. The number of aromatic nitrogens is 2. The lowest BCUT2D eigenvalue weighted by atomic mass is 9.99. The summed E-state index contributed by atoms with van der Waals surface area (Å²) in [6.07, 6.45) is 3.37. The second-order valence-corrected chi connectivity index (χ2v) is 10.1. The molecule has 5 nitrogen and oxygen atoms in total. The normalized spacial score (nSPS) is 14.8. The average molecular weight is 490 g/mol. The van der Waals surface area contributed by atoms with Crippen molar-refractivity contribution in [3.63, 3.8) is 0 Å². The number of fused-ring (bicyclic) bond motifs is 1. The minimum atomic E-state index is -0.180. The smallest absolute Gasteiger partial charge is 0.266 e. The molecular weight excluding hydrogens is 465 g/mol. The number of para-hydroxylation sites is 1. The molecule has 1 aromatic heterocycles. The number of rotatable bonds is 6. The van der Waals surface area contributed by atoms with E-state index in [2.05, 4.69) is 6.92 Å². The van der Waals surface area contributed by atoms with Gasteiger partial charge in [-0.05, 0) is 55.5 Å². The Hall–Kier alpha value is -2.02. The van der Waals surface area contributed by atoms with Gasteiger partial charge in [0.2, 0.25) is 5.91 Å². The summed E-state index contributed by atoms with van der Waals surface area (Å²) in [4.78, 5) is 32.5. The number of likely N-dealkylation sites (tertiary alicyclic amines) is 1. The molecule has 2 heterocycles. The predicted molar refractivity (Wildman–Crippen MR) is 132 cm³/mol. The number of carbonyl (C=O) groups excluding carboxylic acids is 1. The minimum absolute atomic E-state index is 0.180. The first-order valence-electron chi connectivity index (χ1n) is 10.8. The van der Waals surface area contributed by atoms with Crippen LogP contribution in [-0.4, -0.2) is 39.2 Å². The second-order valence-electron chi connectivity index (χ2n) is 8.16. The molecule has 0 bridgehead atoms. The van der Waals surface area contributed by atoms with Crippen LogP contribution in [0, 0.1) is 5.92 Å². The number of piperidine rings is 1. The molecule has 0 radical (unpaired) electrons. The van der Waals surface area contributed by atoms with Gasteiger partial charge in [-0.2, -0.15) is 0 Å². The van der Waals surface area contributed by atoms with Gasteiger partial charge in [0.1, 0.15) is 0 Å². The number of hydrogen-bond donors (Lipinski definition) is 0. The van der Waals surface area contributed by atoms with E-state index in [0.29, 0.717) is 56.3 Å². The van der Waals surface area contributed by atoms with Crippen molar-refractivity contribution in [2.75, 3.05) is 18.8 Å². The van der Waals surface area contributed by atoms with Crippen LogP contribution < -0.4 is 5.56 Å². The third kappa shape index (κ3) is 5.13. The summed E-state index contributed by atoms with van der Waals surface area (Å²) in [6, 6.07) is 12.3. The maximum absolute atomic E-state index is 13.3. The van der Waals surface area contributed by atoms with Gasteiger partial charge < -0.3 is 4.90 Å². The quantitative estimate of drug-likeness (QED) is 0.248. The predicted octanol–water partition coefficient (Wildman–Crippen LogP) is 5.82. The molecule has 32 heavy (non-hydrogen) atoms. The zero-order valence-electron chi connectivity index (χ0n) is 17.9. The van der Waals surface area contributed by atoms with Crippen molar-refractivity contribution < 1.29 is 4.79 Å². The highest BCUT2D eigenvalue weighted by Gasteiger charge is 2.20. The zero-order valence-corrected chi connectivity index (χ0v) is 20.2. The maximum Gasteiger partial charge on any atom is 0.266 e. The van der Waals surface area contributed by atoms with Crippen LogP contribution in [-0.2, 0) is 4.79 Å². The van der Waals surface area contributed by atoms with Crippen LogP contribution in [0.25, 0.3) is 16.6 Å². The van der Waals surface area contributed by atoms with Gasteiger partial charge in [0.25, 0.3) is 5.56 Å². The Bertz CT molecular complexity index is 1190. The highest BCUT2D eigenvalue weighted by molar-refractivity contribution is 7.99. The van der Waals surface area contributed by atoms with Crippen LogP contribution >= 0.6 is 35.0 Å². The van der Waals surface area contributed by atoms with E-state index >= 15 is 0 Å². The molecular formula is C24H25Cl2N3O2S. The Morgan fingerprint density at radius 2 is 1.91 bits per heavy atom. The highest BCUT2D eigenvalue weighted by Crippen LogP contribution is 2.28. The van der Waals surface area contributed by atoms with Crippen molar-refractivity contribution in [3.8, 4) is 5.69 Å². The van der Waals surface area contributed by atoms with Crippen LogP contribution in [0.2, 0.25) is 10.0 Å². The SMILES string of the molecule is CC1CCN(C(=O)CCCSc2nc3ccccc3c(=O)n2-c2ccc(Cl)cc2Cl)CC1. The van der Waals surface area contributed by atoms with E-state index in [1.165, 1.54) is 11.8 Å². The minimum Gasteiger partial charge on any atom is -0.343 e. The molecule has 0 unspecified atom stereocenters. The van der Waals surface area contributed by atoms with E-state index in [1.54, 1.807) is 28.8 Å². The Morgan fingerprint density at radius 1 is 1.16 bits per heavy atom. The Balaban J connectivity index is 1.54. The first-order chi connectivity index (χ1) is 15.4. The summed E-state index contributed by atoms with van der Waals surface area (Å²) in [5.41, 5.74) is 1.00. The van der Waals surface area contributed by atoms with E-state index in [0.717, 1.165) is 25.9 Å². The molecule has 4 rings (SSSR count). The van der Waals surface area contributed by atoms with Gasteiger partial charge in [-0.3, -0.25) is 14.2 Å². The van der Waals surface area contributed by atoms with Crippen LogP contribution in [0.15, 0.2) is 52.4 Å². The summed E-state index contributed by atoms with van der Waals surface area (Å²) < 4.78 is 1.54. The van der Waals surface area contributed by atoms with Gasteiger partial charge >= 0.3 is 0 Å². The molecule has 0 saturated carbocycles. The first-order valence-corrected chi connectivity index (χ1v) is 12.6. The molecule has 1 saturated heterocycles. The monoisotopic (exact) mass is 489 g/mol. The van der Waals surface area contributed by atoms with Crippen molar-refractivity contribution in [1.82, 2.24) is 14.5 Å². The number of hydrogen-bond acceptors (Lipinski definition) is 4. The Kier molecular flexibility index (Phi) is 7.44. The van der Waals surface area contributed by atoms with Crippen molar-refractivity contribution in [3.05, 3.63) is 62.9 Å². The molecule has 3 aromatic rings. The molecule has 168 valence electrons. The van der Waals surface area contributed by atoms with E-state index in [9.17, 15) is 9.59 Å². The summed E-state index contributed by atoms with van der Waals surface area (Å²) in [5, 5.41) is 1.96. The third-order valence-electron chi connectivity index (χ3n) is 5.80. The van der Waals surface area contributed by atoms with Gasteiger partial charge in [-0.1, -0.05) is 54.0 Å². The average Bonchev–Trinajstić information content (AvgIpc) is 2.78. The van der Waals surface area contributed by atoms with Crippen LogP contribution in [0.3, 0.4) is 0 Å². The molecule has 1 amide bonds. The van der Waals surface area contributed by atoms with Gasteiger partial charge in [0.05, 0.1) is 21.6 Å². The van der Waals surface area contributed by atoms with Crippen LogP contribution in [0.5, 0.6) is 0 Å². The van der Waals surface area contributed by atoms with Gasteiger partial charge in [0, 0.05) is 30.3 Å². The molecule has 1 aliphatic heterocycles. The summed E-state index contributed by atoms with van der Waals surface area (Å²) in [5.74, 6) is 1.58. The van der Waals surface area contributed by atoms with E-state index in [-0.39, 0.29) is 11.5 Å². The van der Waals surface area contributed by atoms with Crippen LogP contribution in [0.4, 0.5) is 0 Å².